The number of amides is 1. The number of aromatic nitrogens is 2. The third-order valence-electron chi connectivity index (χ3n) is 10.5. The van der Waals surface area contributed by atoms with Gasteiger partial charge in [0.15, 0.2) is 0 Å². The molecule has 4 aromatic rings. The summed E-state index contributed by atoms with van der Waals surface area (Å²) in [6, 6.07) is 15.4. The van der Waals surface area contributed by atoms with E-state index < -0.39 is 23.2 Å². The lowest BCUT2D eigenvalue weighted by Crippen LogP contribution is -2.53. The van der Waals surface area contributed by atoms with Crippen molar-refractivity contribution in [1.82, 2.24) is 14.5 Å². The first-order valence-electron chi connectivity index (χ1n) is 15.3. The number of halogens is 3. The molecule has 0 radical (unpaired) electrons. The van der Waals surface area contributed by atoms with Crippen molar-refractivity contribution >= 4 is 51.8 Å². The van der Waals surface area contributed by atoms with Gasteiger partial charge in [-0.25, -0.2) is 14.2 Å². The quantitative estimate of drug-likeness (QED) is 0.242. The standard InChI is InChI=1S/C34H31Cl2FN4O3/c35-20-10-11-22-24(16-20)39-33(44)34(22)29(21-7-4-8-23(36)30(21)37)28-27(41(34)17-18-5-2-1-3-6-18)13-14-40-26-12-9-19(32(42)43)15-25(26)38-31(28)40/h4,7-12,15-16,18,27-29H,1-3,5-6,13-14,17H2,(H,39,44)(H,42,43)/t27-,28+,29-,34+/m0/s1. The zero-order valence-electron chi connectivity index (χ0n) is 23.9. The number of anilines is 1. The number of aryl methyl sites for hydroxylation is 1. The van der Waals surface area contributed by atoms with Crippen LogP contribution in [0.5, 0.6) is 0 Å². The molecule has 44 heavy (non-hydrogen) atoms. The molecule has 1 spiro atoms. The molecule has 1 saturated heterocycles. The molecular formula is C34H31Cl2FN4O3. The van der Waals surface area contributed by atoms with Gasteiger partial charge in [0.1, 0.15) is 17.2 Å². The van der Waals surface area contributed by atoms with Crippen LogP contribution in [-0.2, 0) is 16.9 Å². The number of nitrogens with zero attached hydrogens (tertiary/aromatic N) is 3. The number of carbonyl (C=O) groups excluding carboxylic acids is 1. The van der Waals surface area contributed by atoms with Crippen molar-refractivity contribution in [3.8, 4) is 0 Å². The van der Waals surface area contributed by atoms with E-state index in [2.05, 4.69) is 14.8 Å². The minimum Gasteiger partial charge on any atom is -0.478 e. The molecule has 3 aliphatic heterocycles. The third kappa shape index (κ3) is 3.93. The summed E-state index contributed by atoms with van der Waals surface area (Å²) in [4.78, 5) is 33.9. The van der Waals surface area contributed by atoms with Crippen LogP contribution >= 0.6 is 23.2 Å². The Balaban J connectivity index is 1.41. The molecule has 4 heterocycles. The van der Waals surface area contributed by atoms with Crippen LogP contribution in [0.15, 0.2) is 54.6 Å². The molecule has 7 nitrogen and oxygen atoms in total. The smallest absolute Gasteiger partial charge is 0.335 e. The summed E-state index contributed by atoms with van der Waals surface area (Å²) in [5, 5.41) is 13.3. The van der Waals surface area contributed by atoms with E-state index in [0.717, 1.165) is 49.0 Å². The highest BCUT2D eigenvalue weighted by Crippen LogP contribution is 2.64. The van der Waals surface area contributed by atoms with Crippen LogP contribution in [0.25, 0.3) is 11.0 Å². The van der Waals surface area contributed by atoms with Gasteiger partial charge in [-0.3, -0.25) is 9.69 Å². The Kier molecular flexibility index (Phi) is 6.56. The van der Waals surface area contributed by atoms with Gasteiger partial charge in [0, 0.05) is 47.2 Å². The van der Waals surface area contributed by atoms with Crippen LogP contribution < -0.4 is 5.32 Å². The molecule has 8 rings (SSSR count). The van der Waals surface area contributed by atoms with Gasteiger partial charge in [-0.15, -0.1) is 0 Å². The number of nitrogens with one attached hydrogen (secondary N) is 1. The second-order valence-electron chi connectivity index (χ2n) is 12.7. The SMILES string of the molecule is O=C(O)c1ccc2c(c1)nc1n2CC[C@H]2[C@@H]1[C@H](c1cccc(Cl)c1F)[C@]1(C(=O)Nc3cc(Cl)ccc31)N2CC1CCCCC1. The zero-order chi connectivity index (χ0) is 30.3. The topological polar surface area (TPSA) is 87.5 Å². The van der Waals surface area contributed by atoms with Crippen molar-refractivity contribution in [2.45, 2.75) is 68.5 Å². The van der Waals surface area contributed by atoms with E-state index in [0.29, 0.717) is 40.8 Å². The lowest BCUT2D eigenvalue weighted by Gasteiger charge is -2.42. The summed E-state index contributed by atoms with van der Waals surface area (Å²) in [6.07, 6.45) is 6.44. The van der Waals surface area contributed by atoms with E-state index in [4.69, 9.17) is 28.2 Å². The summed E-state index contributed by atoms with van der Waals surface area (Å²) in [6.45, 7) is 1.36. The van der Waals surface area contributed by atoms with E-state index >= 15 is 4.39 Å². The number of fused-ring (bicyclic) bond motifs is 7. The van der Waals surface area contributed by atoms with E-state index in [1.165, 1.54) is 12.5 Å². The molecule has 4 atom stereocenters. The summed E-state index contributed by atoms with van der Waals surface area (Å²) in [5.74, 6) is -1.63. The first-order chi connectivity index (χ1) is 21.3. The second kappa shape index (κ2) is 10.3. The maximum atomic E-state index is 16.3. The Bertz CT molecular complexity index is 1850. The third-order valence-corrected chi connectivity index (χ3v) is 11.1. The molecule has 0 bridgehead atoms. The Hall–Kier alpha value is -3.46. The predicted octanol–water partition coefficient (Wildman–Crippen LogP) is 7.56. The molecular weight excluding hydrogens is 602 g/mol. The highest BCUT2D eigenvalue weighted by molar-refractivity contribution is 6.31. The molecule has 0 unspecified atom stereocenters. The highest BCUT2D eigenvalue weighted by atomic mass is 35.5. The predicted molar refractivity (Wildman–Crippen MR) is 167 cm³/mol. The number of rotatable bonds is 4. The van der Waals surface area contributed by atoms with Gasteiger partial charge in [-0.05, 0) is 67.1 Å². The van der Waals surface area contributed by atoms with Crippen LogP contribution in [0.1, 0.15) is 77.7 Å². The van der Waals surface area contributed by atoms with Crippen molar-refractivity contribution < 1.29 is 19.1 Å². The Morgan fingerprint density at radius 2 is 1.89 bits per heavy atom. The van der Waals surface area contributed by atoms with Crippen LogP contribution in [0, 0.1) is 11.7 Å². The molecule has 2 N–H and O–H groups in total. The number of benzene rings is 3. The average molecular weight is 634 g/mol. The molecule has 10 heteroatoms. The Morgan fingerprint density at radius 3 is 2.68 bits per heavy atom. The number of likely N-dealkylation sites (tertiary alicyclic amines) is 1. The number of hydrogen-bond donors (Lipinski definition) is 2. The molecule has 1 saturated carbocycles. The maximum Gasteiger partial charge on any atom is 0.335 e. The lowest BCUT2D eigenvalue weighted by atomic mass is 9.70. The molecule has 4 aliphatic rings. The van der Waals surface area contributed by atoms with Crippen LogP contribution in [0.4, 0.5) is 10.1 Å². The van der Waals surface area contributed by atoms with Gasteiger partial charge in [-0.1, -0.05) is 60.7 Å². The molecule has 1 amide bonds. The summed E-state index contributed by atoms with van der Waals surface area (Å²) in [5.41, 5.74) is 2.15. The van der Waals surface area contributed by atoms with E-state index in [-0.39, 0.29) is 28.5 Å². The number of carboxylic acids is 1. The zero-order valence-corrected chi connectivity index (χ0v) is 25.4. The Labute approximate surface area is 264 Å². The molecule has 2 fully saturated rings. The van der Waals surface area contributed by atoms with Gasteiger partial charge in [0.05, 0.1) is 21.6 Å². The van der Waals surface area contributed by atoms with E-state index in [1.807, 2.05) is 6.07 Å². The molecule has 1 aromatic heterocycles. The minimum absolute atomic E-state index is 0.00470. The van der Waals surface area contributed by atoms with Gasteiger partial charge in [0.25, 0.3) is 0 Å². The highest BCUT2D eigenvalue weighted by Gasteiger charge is 2.68. The second-order valence-corrected chi connectivity index (χ2v) is 13.5. The lowest BCUT2D eigenvalue weighted by molar-refractivity contribution is -0.128. The number of carbonyl (C=O) groups is 2. The number of aromatic carboxylic acids is 1. The summed E-state index contributed by atoms with van der Waals surface area (Å²) >= 11 is 12.9. The molecule has 3 aromatic carbocycles. The van der Waals surface area contributed by atoms with Crippen LogP contribution in [-0.4, -0.2) is 44.0 Å². The van der Waals surface area contributed by atoms with Gasteiger partial charge in [0.2, 0.25) is 5.91 Å². The van der Waals surface area contributed by atoms with Crippen molar-refractivity contribution in [2.24, 2.45) is 5.92 Å². The summed E-state index contributed by atoms with van der Waals surface area (Å²) in [7, 11) is 0. The molecule has 1 aliphatic carbocycles. The molecule has 226 valence electrons. The van der Waals surface area contributed by atoms with Crippen LogP contribution in [0.3, 0.4) is 0 Å². The van der Waals surface area contributed by atoms with Gasteiger partial charge < -0.3 is 15.0 Å². The van der Waals surface area contributed by atoms with Crippen LogP contribution in [0.2, 0.25) is 10.0 Å². The number of carboxylic acid groups (broad SMARTS) is 1. The van der Waals surface area contributed by atoms with Crippen molar-refractivity contribution in [1.29, 1.82) is 0 Å². The maximum absolute atomic E-state index is 16.3. The fourth-order valence-corrected chi connectivity index (χ4v) is 9.15. The first kappa shape index (κ1) is 28.0. The van der Waals surface area contributed by atoms with Gasteiger partial charge >= 0.3 is 5.97 Å². The average Bonchev–Trinajstić information content (AvgIpc) is 3.62. The fraction of sp³-hybridized carbons (Fsp3) is 0.382. The number of hydrogen-bond acceptors (Lipinski definition) is 4. The van der Waals surface area contributed by atoms with Crippen molar-refractivity contribution in [3.05, 3.63) is 93.0 Å². The Morgan fingerprint density at radius 1 is 1.07 bits per heavy atom. The normalized spacial score (nSPS) is 26.5. The first-order valence-corrected chi connectivity index (χ1v) is 16.1. The minimum atomic E-state index is -1.22. The fourth-order valence-electron chi connectivity index (χ4n) is 8.80. The van der Waals surface area contributed by atoms with Crippen molar-refractivity contribution in [2.75, 3.05) is 11.9 Å². The number of imidazole rings is 1. The van der Waals surface area contributed by atoms with Crippen molar-refractivity contribution in [3.63, 3.8) is 0 Å². The van der Waals surface area contributed by atoms with Gasteiger partial charge in [-0.2, -0.15) is 0 Å². The monoisotopic (exact) mass is 632 g/mol. The van der Waals surface area contributed by atoms with E-state index in [1.54, 1.807) is 42.5 Å². The summed E-state index contributed by atoms with van der Waals surface area (Å²) < 4.78 is 18.5. The largest absolute Gasteiger partial charge is 0.478 e. The van der Waals surface area contributed by atoms with E-state index in [9.17, 15) is 14.7 Å².